The van der Waals surface area contributed by atoms with Gasteiger partial charge >= 0.3 is 0 Å². The molecule has 0 unspecified atom stereocenters. The van der Waals surface area contributed by atoms with Crippen LogP contribution in [0.25, 0.3) is 22.0 Å². The zero-order chi connectivity index (χ0) is 21.1. The average molecular weight is 403 g/mol. The number of hydrogen-bond acceptors (Lipinski definition) is 3. The molecule has 0 aliphatic carbocycles. The summed E-state index contributed by atoms with van der Waals surface area (Å²) in [5.41, 5.74) is 4.61. The first-order valence-electron chi connectivity index (χ1n) is 10.9. The fourth-order valence-corrected chi connectivity index (χ4v) is 4.21. The first-order chi connectivity index (χ1) is 14.5. The summed E-state index contributed by atoms with van der Waals surface area (Å²) in [6, 6.07) is 16.7. The van der Waals surface area contributed by atoms with Crippen LogP contribution in [0, 0.1) is 12.8 Å². The van der Waals surface area contributed by atoms with E-state index in [0.717, 1.165) is 42.6 Å². The molecule has 3 aromatic rings. The summed E-state index contributed by atoms with van der Waals surface area (Å²) in [5.74, 6) is 1.57. The molecule has 2 aromatic carbocycles. The second kappa shape index (κ2) is 8.86. The molecule has 4 heteroatoms. The fraction of sp³-hybridized carbons (Fsp3) is 0.385. The number of hydrogen-bond donors (Lipinski definition) is 0. The number of fused-ring (bicyclic) bond motifs is 1. The van der Waals surface area contributed by atoms with Gasteiger partial charge in [-0.3, -0.25) is 9.78 Å². The first-order valence-corrected chi connectivity index (χ1v) is 10.9. The molecule has 1 aliphatic heterocycles. The molecule has 30 heavy (non-hydrogen) atoms. The Balaban J connectivity index is 1.39. The van der Waals surface area contributed by atoms with E-state index in [2.05, 4.69) is 56.1 Å². The predicted octanol–water partition coefficient (Wildman–Crippen LogP) is 5.63. The Labute approximate surface area is 178 Å². The van der Waals surface area contributed by atoms with Crippen molar-refractivity contribution in [2.24, 2.45) is 5.92 Å². The Morgan fingerprint density at radius 2 is 1.83 bits per heavy atom. The average Bonchev–Trinajstić information content (AvgIpc) is 2.75. The van der Waals surface area contributed by atoms with Crippen LogP contribution in [0.15, 0.2) is 54.7 Å². The van der Waals surface area contributed by atoms with Crippen molar-refractivity contribution < 1.29 is 9.53 Å². The second-order valence-corrected chi connectivity index (χ2v) is 8.63. The van der Waals surface area contributed by atoms with Crippen LogP contribution in [0.3, 0.4) is 0 Å². The summed E-state index contributed by atoms with van der Waals surface area (Å²) >= 11 is 0. The van der Waals surface area contributed by atoms with Gasteiger partial charge < -0.3 is 9.64 Å². The third-order valence-corrected chi connectivity index (χ3v) is 5.87. The van der Waals surface area contributed by atoms with E-state index < -0.39 is 0 Å². The van der Waals surface area contributed by atoms with E-state index in [9.17, 15) is 4.79 Å². The van der Waals surface area contributed by atoms with Gasteiger partial charge in [0.05, 0.1) is 5.52 Å². The van der Waals surface area contributed by atoms with Crippen molar-refractivity contribution in [3.05, 3.63) is 60.3 Å². The van der Waals surface area contributed by atoms with E-state index in [1.807, 2.05) is 29.3 Å². The van der Waals surface area contributed by atoms with Crippen LogP contribution in [0.4, 0.5) is 0 Å². The van der Waals surface area contributed by atoms with Crippen molar-refractivity contribution in [1.29, 1.82) is 0 Å². The predicted molar refractivity (Wildman–Crippen MR) is 122 cm³/mol. The quantitative estimate of drug-likeness (QED) is 0.556. The molecule has 4 rings (SSSR count). The summed E-state index contributed by atoms with van der Waals surface area (Å²) in [4.78, 5) is 18.8. The number of piperidine rings is 1. The summed E-state index contributed by atoms with van der Waals surface area (Å²) < 4.78 is 6.21. The third-order valence-electron chi connectivity index (χ3n) is 5.87. The lowest BCUT2D eigenvalue weighted by Crippen LogP contribution is -2.42. The minimum Gasteiger partial charge on any atom is -0.490 e. The molecular weight excluding hydrogens is 372 g/mol. The van der Waals surface area contributed by atoms with Crippen LogP contribution < -0.4 is 4.74 Å². The molecule has 1 aliphatic rings. The number of nitrogens with zero attached hydrogens (tertiary/aromatic N) is 2. The van der Waals surface area contributed by atoms with Crippen molar-refractivity contribution in [1.82, 2.24) is 9.88 Å². The smallest absolute Gasteiger partial charge is 0.222 e. The number of carbonyl (C=O) groups is 1. The van der Waals surface area contributed by atoms with Crippen molar-refractivity contribution in [2.75, 3.05) is 13.1 Å². The lowest BCUT2D eigenvalue weighted by molar-refractivity contribution is -0.133. The summed E-state index contributed by atoms with van der Waals surface area (Å²) in [6.45, 7) is 7.89. The monoisotopic (exact) mass is 402 g/mol. The number of benzene rings is 2. The van der Waals surface area contributed by atoms with E-state index in [4.69, 9.17) is 4.74 Å². The molecule has 0 radical (unpaired) electrons. The van der Waals surface area contributed by atoms with Gasteiger partial charge in [0.15, 0.2) is 0 Å². The van der Waals surface area contributed by atoms with Gasteiger partial charge in [0, 0.05) is 43.9 Å². The van der Waals surface area contributed by atoms with Crippen LogP contribution in [0.5, 0.6) is 5.75 Å². The SMILES string of the molecule is Cc1c(-c2ccc(OC3CCN(C(=O)CC(C)C)CC3)cc2)ccc2cccnc12. The molecule has 1 aromatic heterocycles. The number of likely N-dealkylation sites (tertiary alicyclic amines) is 1. The van der Waals surface area contributed by atoms with Gasteiger partial charge in [0.2, 0.25) is 5.91 Å². The number of carbonyl (C=O) groups excluding carboxylic acids is 1. The van der Waals surface area contributed by atoms with Crippen molar-refractivity contribution in [3.8, 4) is 16.9 Å². The number of aryl methyl sites for hydroxylation is 1. The zero-order valence-electron chi connectivity index (χ0n) is 18.1. The summed E-state index contributed by atoms with van der Waals surface area (Å²) in [5, 5.41) is 1.16. The van der Waals surface area contributed by atoms with Gasteiger partial charge in [-0.25, -0.2) is 0 Å². The van der Waals surface area contributed by atoms with Gasteiger partial charge in [-0.15, -0.1) is 0 Å². The molecule has 0 spiro atoms. The molecule has 2 heterocycles. The maximum atomic E-state index is 12.2. The molecule has 1 fully saturated rings. The van der Waals surface area contributed by atoms with E-state index in [-0.39, 0.29) is 12.0 Å². The second-order valence-electron chi connectivity index (χ2n) is 8.63. The third kappa shape index (κ3) is 4.48. The number of ether oxygens (including phenoxy) is 1. The molecule has 1 saturated heterocycles. The van der Waals surface area contributed by atoms with E-state index in [0.29, 0.717) is 12.3 Å². The number of amides is 1. The Hall–Kier alpha value is -2.88. The number of rotatable bonds is 5. The molecule has 156 valence electrons. The highest BCUT2D eigenvalue weighted by molar-refractivity contribution is 5.88. The van der Waals surface area contributed by atoms with Crippen molar-refractivity contribution >= 4 is 16.8 Å². The maximum absolute atomic E-state index is 12.2. The van der Waals surface area contributed by atoms with Gasteiger partial charge in [0.1, 0.15) is 11.9 Å². The van der Waals surface area contributed by atoms with E-state index in [1.54, 1.807) is 0 Å². The molecule has 1 amide bonds. The minimum atomic E-state index is 0.172. The van der Waals surface area contributed by atoms with E-state index in [1.165, 1.54) is 16.7 Å². The molecule has 0 bridgehead atoms. The Bertz CT molecular complexity index is 1020. The molecule has 0 saturated carbocycles. The molecule has 4 nitrogen and oxygen atoms in total. The van der Waals surface area contributed by atoms with Crippen LogP contribution in [-0.4, -0.2) is 35.0 Å². The lowest BCUT2D eigenvalue weighted by atomic mass is 9.98. The molecule has 0 atom stereocenters. The van der Waals surface area contributed by atoms with Crippen LogP contribution in [-0.2, 0) is 4.79 Å². The fourth-order valence-electron chi connectivity index (χ4n) is 4.21. The van der Waals surface area contributed by atoms with Gasteiger partial charge in [-0.1, -0.05) is 44.2 Å². The summed E-state index contributed by atoms with van der Waals surface area (Å²) in [7, 11) is 0. The molecular formula is C26H30N2O2. The van der Waals surface area contributed by atoms with Gasteiger partial charge in [-0.05, 0) is 47.7 Å². The van der Waals surface area contributed by atoms with Gasteiger partial charge in [-0.2, -0.15) is 0 Å². The molecule has 0 N–H and O–H groups in total. The highest BCUT2D eigenvalue weighted by atomic mass is 16.5. The largest absolute Gasteiger partial charge is 0.490 e. The topological polar surface area (TPSA) is 42.4 Å². The number of aromatic nitrogens is 1. The van der Waals surface area contributed by atoms with Crippen LogP contribution in [0.2, 0.25) is 0 Å². The number of pyridine rings is 1. The maximum Gasteiger partial charge on any atom is 0.222 e. The highest BCUT2D eigenvalue weighted by Crippen LogP contribution is 2.30. The standard InChI is InChI=1S/C26H30N2O2/c1-18(2)17-25(29)28-15-12-23(13-16-28)30-22-9-6-20(7-10-22)24-11-8-21-5-4-14-27-26(21)19(24)3/h4-11,14,18,23H,12-13,15-17H2,1-3H3. The Kier molecular flexibility index (Phi) is 6.03. The van der Waals surface area contributed by atoms with Crippen molar-refractivity contribution in [3.63, 3.8) is 0 Å². The Morgan fingerprint density at radius 1 is 1.10 bits per heavy atom. The van der Waals surface area contributed by atoms with Gasteiger partial charge in [0.25, 0.3) is 0 Å². The lowest BCUT2D eigenvalue weighted by Gasteiger charge is -2.32. The van der Waals surface area contributed by atoms with Crippen molar-refractivity contribution in [2.45, 2.75) is 46.1 Å². The first kappa shape index (κ1) is 20.4. The Morgan fingerprint density at radius 3 is 2.53 bits per heavy atom. The van der Waals surface area contributed by atoms with E-state index >= 15 is 0 Å². The minimum absolute atomic E-state index is 0.172. The zero-order valence-corrected chi connectivity index (χ0v) is 18.1. The van der Waals surface area contributed by atoms with Crippen LogP contribution in [0.1, 0.15) is 38.7 Å². The van der Waals surface area contributed by atoms with Crippen LogP contribution >= 0.6 is 0 Å². The normalized spacial score (nSPS) is 15.0. The summed E-state index contributed by atoms with van der Waals surface area (Å²) in [6.07, 6.45) is 4.43. The highest BCUT2D eigenvalue weighted by Gasteiger charge is 2.24.